The maximum absolute atomic E-state index is 12.3. The Morgan fingerprint density at radius 2 is 1.16 bits per heavy atom. The molecule has 0 spiro atoms. The van der Waals surface area contributed by atoms with Gasteiger partial charge in [0, 0.05) is 0 Å². The molecule has 0 aromatic heterocycles. The van der Waals surface area contributed by atoms with Gasteiger partial charge >= 0.3 is 0 Å². The van der Waals surface area contributed by atoms with E-state index in [9.17, 15) is 49.5 Å². The molecule has 0 rings (SSSR count). The molecule has 5 N–H and O–H groups in total. The lowest BCUT2D eigenvalue weighted by Crippen LogP contribution is -2.80. The Morgan fingerprint density at radius 1 is 0.800 bits per heavy atom. The van der Waals surface area contributed by atoms with Gasteiger partial charge in [0.05, 0.1) is 6.10 Å². The molecule has 0 heterocycles. The third-order valence-electron chi connectivity index (χ3n) is 3.94. The summed E-state index contributed by atoms with van der Waals surface area (Å²) in [4.78, 5) is 59.9. The number of ketones is 4. The van der Waals surface area contributed by atoms with Crippen molar-refractivity contribution in [2.24, 2.45) is 0 Å². The Balaban J connectivity index is 7.07. The second-order valence-corrected chi connectivity index (χ2v) is 6.34. The van der Waals surface area contributed by atoms with Crippen LogP contribution >= 0.6 is 15.9 Å². The van der Waals surface area contributed by atoms with Gasteiger partial charge in [-0.1, -0.05) is 0 Å². The fourth-order valence-corrected chi connectivity index (χ4v) is 2.91. The summed E-state index contributed by atoms with van der Waals surface area (Å²) in [6.45, 7) is 2.46. The van der Waals surface area contributed by atoms with E-state index in [4.69, 9.17) is 0 Å². The number of carbonyl (C=O) groups is 5. The molecule has 11 heteroatoms. The fourth-order valence-electron chi connectivity index (χ4n) is 2.35. The van der Waals surface area contributed by atoms with Gasteiger partial charge in [0.1, 0.15) is 6.10 Å². The Morgan fingerprint density at radius 3 is 1.36 bits per heavy atom. The van der Waals surface area contributed by atoms with Gasteiger partial charge in [-0.15, -0.1) is 0 Å². The maximum atomic E-state index is 12.3. The fraction of sp³-hybridized carbons (Fsp3) is 0.643. The van der Waals surface area contributed by atoms with Crippen LogP contribution < -0.4 is 0 Å². The predicted molar refractivity (Wildman–Crippen MR) is 83.5 cm³/mol. The molecular weight excluding hydrogens is 408 g/mol. The highest BCUT2D eigenvalue weighted by Crippen LogP contribution is 2.39. The molecule has 0 fully saturated rings. The smallest absolute Gasteiger partial charge is 0.240 e. The lowest BCUT2D eigenvalue weighted by Gasteiger charge is -2.46. The number of aliphatic hydroxyl groups excluding tert-OH is 2. The zero-order valence-corrected chi connectivity index (χ0v) is 15.4. The average molecular weight is 427 g/mol. The van der Waals surface area contributed by atoms with Crippen LogP contribution in [0, 0.1) is 0 Å². The Kier molecular flexibility index (Phi) is 7.07. The lowest BCUT2D eigenvalue weighted by atomic mass is 9.63. The van der Waals surface area contributed by atoms with Crippen molar-refractivity contribution in [1.29, 1.82) is 0 Å². The molecule has 0 aliphatic rings. The van der Waals surface area contributed by atoms with Crippen LogP contribution in [-0.4, -0.2) is 82.4 Å². The van der Waals surface area contributed by atoms with Gasteiger partial charge in [-0.25, -0.2) is 0 Å². The van der Waals surface area contributed by atoms with Crippen molar-refractivity contribution < 1.29 is 49.5 Å². The molecular formula is C14H19BrO10. The van der Waals surface area contributed by atoms with E-state index in [-0.39, 0.29) is 0 Å². The summed E-state index contributed by atoms with van der Waals surface area (Å²) in [6.07, 6.45) is -4.35. The summed E-state index contributed by atoms with van der Waals surface area (Å²) in [6, 6.07) is 0. The molecule has 10 nitrogen and oxygen atoms in total. The standard InChI is InChI=1S/C14H19BrO10/c1-5(16)9(20)10(21)12(23,6(2)17)14(25,8(4)19)13(24,7(3)18)11(15)22/h5,9,16,20,23-25H,1-4H3/t5?,9?,12-,13+,14+/m1/s1. The van der Waals surface area contributed by atoms with E-state index in [0.717, 1.165) is 6.92 Å². The molecule has 0 aromatic rings. The topological polar surface area (TPSA) is 186 Å². The minimum atomic E-state index is -3.98. The number of halogens is 1. The zero-order valence-electron chi connectivity index (χ0n) is 13.8. The Bertz CT molecular complexity index is 613. The SMILES string of the molecule is CC(=O)[C@@](O)(C(=O)C(O)C(C)O)[C@@](O)(C(C)=O)[C@](O)(C(C)=O)C(=O)Br. The van der Waals surface area contributed by atoms with Crippen molar-refractivity contribution in [2.45, 2.75) is 56.7 Å². The van der Waals surface area contributed by atoms with Crippen LogP contribution in [-0.2, 0) is 24.0 Å². The van der Waals surface area contributed by atoms with Crippen molar-refractivity contribution in [2.75, 3.05) is 0 Å². The van der Waals surface area contributed by atoms with Gasteiger partial charge < -0.3 is 25.5 Å². The molecule has 0 aromatic carbocycles. The monoisotopic (exact) mass is 426 g/mol. The highest BCUT2D eigenvalue weighted by Gasteiger charge is 2.75. The number of rotatable bonds is 9. The van der Waals surface area contributed by atoms with Gasteiger partial charge in [0.15, 0.2) is 17.3 Å². The molecule has 0 aliphatic heterocycles. The van der Waals surface area contributed by atoms with Crippen LogP contribution in [0.2, 0.25) is 0 Å². The Hall–Kier alpha value is -1.37. The van der Waals surface area contributed by atoms with E-state index in [2.05, 4.69) is 15.9 Å². The normalized spacial score (nSPS) is 21.0. The van der Waals surface area contributed by atoms with Crippen LogP contribution in [0.3, 0.4) is 0 Å². The van der Waals surface area contributed by atoms with Crippen LogP contribution in [0.4, 0.5) is 0 Å². The van der Waals surface area contributed by atoms with Crippen molar-refractivity contribution in [3.05, 3.63) is 0 Å². The first kappa shape index (κ1) is 23.6. The van der Waals surface area contributed by atoms with Crippen molar-refractivity contribution in [3.8, 4) is 0 Å². The summed E-state index contributed by atoms with van der Waals surface area (Å²) in [5.74, 6) is -6.92. The molecule has 2 unspecified atom stereocenters. The van der Waals surface area contributed by atoms with E-state index in [1.165, 1.54) is 0 Å². The molecule has 0 bridgehead atoms. The first-order chi connectivity index (χ1) is 11.0. The summed E-state index contributed by atoms with van der Waals surface area (Å²) >= 11 is 2.19. The van der Waals surface area contributed by atoms with Crippen molar-refractivity contribution >= 4 is 43.8 Å². The molecule has 0 amide bonds. The lowest BCUT2D eigenvalue weighted by molar-refractivity contribution is -0.224. The summed E-state index contributed by atoms with van der Waals surface area (Å²) in [5.41, 5.74) is -11.6. The zero-order chi connectivity index (χ0) is 20.5. The van der Waals surface area contributed by atoms with Crippen LogP contribution in [0.15, 0.2) is 0 Å². The van der Waals surface area contributed by atoms with E-state index in [1.807, 2.05) is 0 Å². The van der Waals surface area contributed by atoms with Crippen molar-refractivity contribution in [1.82, 2.24) is 0 Å². The first-order valence-electron chi connectivity index (χ1n) is 6.85. The minimum Gasteiger partial charge on any atom is -0.390 e. The molecule has 0 radical (unpaired) electrons. The molecule has 0 saturated carbocycles. The van der Waals surface area contributed by atoms with Gasteiger partial charge in [-0.3, -0.25) is 24.0 Å². The minimum absolute atomic E-state index is 0.500. The van der Waals surface area contributed by atoms with E-state index >= 15 is 0 Å². The summed E-state index contributed by atoms with van der Waals surface area (Å²) < 4.78 is -1.72. The molecule has 0 saturated heterocycles. The summed E-state index contributed by atoms with van der Waals surface area (Å²) in [5, 5.41) is 50.6. The van der Waals surface area contributed by atoms with Gasteiger partial charge in [-0.2, -0.15) is 0 Å². The second kappa shape index (κ2) is 7.48. The van der Waals surface area contributed by atoms with E-state index < -0.39 is 56.8 Å². The van der Waals surface area contributed by atoms with Crippen LogP contribution in [0.25, 0.3) is 0 Å². The Labute approximate surface area is 150 Å². The predicted octanol–water partition coefficient (Wildman–Crippen LogP) is -2.82. The molecule has 5 atom stereocenters. The molecule has 142 valence electrons. The third-order valence-corrected chi connectivity index (χ3v) is 4.52. The largest absolute Gasteiger partial charge is 0.390 e. The molecule has 0 aliphatic carbocycles. The first-order valence-corrected chi connectivity index (χ1v) is 7.64. The number of hydrogen-bond acceptors (Lipinski definition) is 10. The summed E-state index contributed by atoms with van der Waals surface area (Å²) in [7, 11) is 0. The second-order valence-electron chi connectivity index (χ2n) is 5.62. The van der Waals surface area contributed by atoms with Gasteiger partial charge in [-0.05, 0) is 43.6 Å². The van der Waals surface area contributed by atoms with Crippen LogP contribution in [0.5, 0.6) is 0 Å². The van der Waals surface area contributed by atoms with E-state index in [1.54, 1.807) is 0 Å². The van der Waals surface area contributed by atoms with Gasteiger partial charge in [0.25, 0.3) is 0 Å². The highest BCUT2D eigenvalue weighted by atomic mass is 79.9. The van der Waals surface area contributed by atoms with E-state index in [0.29, 0.717) is 20.8 Å². The van der Waals surface area contributed by atoms with Crippen molar-refractivity contribution in [3.63, 3.8) is 0 Å². The average Bonchev–Trinajstić information content (AvgIpc) is 2.49. The molecule has 25 heavy (non-hydrogen) atoms. The quantitative estimate of drug-likeness (QED) is 0.190. The number of Topliss-reactive ketones (excluding diaryl/α,β-unsaturated/α-hetero) is 4. The van der Waals surface area contributed by atoms with Crippen LogP contribution in [0.1, 0.15) is 27.7 Å². The number of hydrogen-bond donors (Lipinski definition) is 5. The maximum Gasteiger partial charge on any atom is 0.240 e. The highest BCUT2D eigenvalue weighted by molar-refractivity contribution is 9.18. The third kappa shape index (κ3) is 3.23. The number of aliphatic hydroxyl groups is 5. The van der Waals surface area contributed by atoms with Gasteiger partial charge in [0.2, 0.25) is 27.3 Å². The number of carbonyl (C=O) groups excluding carboxylic acids is 5.